The van der Waals surface area contributed by atoms with Gasteiger partial charge < -0.3 is 24.8 Å². The molecule has 2 saturated carbocycles. The molecule has 0 aromatic heterocycles. The molecular formula is C36H56O8. The molecule has 0 aromatic rings. The lowest BCUT2D eigenvalue weighted by molar-refractivity contribution is -0.228. The normalized spacial score (nSPS) is 36.8. The maximum atomic E-state index is 13.3. The van der Waals surface area contributed by atoms with Crippen molar-refractivity contribution in [3.8, 4) is 0 Å². The van der Waals surface area contributed by atoms with Crippen LogP contribution in [0, 0.1) is 29.1 Å². The van der Waals surface area contributed by atoms with Crippen LogP contribution in [0.4, 0.5) is 0 Å². The van der Waals surface area contributed by atoms with E-state index in [9.17, 15) is 29.7 Å². The number of Topliss-reactive ketones (excluding diaryl/α,β-unsaturated/α-hetero) is 1. The highest BCUT2D eigenvalue weighted by Gasteiger charge is 2.87. The van der Waals surface area contributed by atoms with Crippen LogP contribution in [-0.2, 0) is 23.9 Å². The number of esters is 2. The second-order valence-electron chi connectivity index (χ2n) is 14.7. The summed E-state index contributed by atoms with van der Waals surface area (Å²) in [7, 11) is 0. The van der Waals surface area contributed by atoms with E-state index in [0.29, 0.717) is 17.6 Å². The van der Waals surface area contributed by atoms with Crippen LogP contribution >= 0.6 is 0 Å². The second kappa shape index (κ2) is 13.4. The lowest BCUT2D eigenvalue weighted by Gasteiger charge is -2.53. The van der Waals surface area contributed by atoms with Gasteiger partial charge in [-0.1, -0.05) is 104 Å². The van der Waals surface area contributed by atoms with Gasteiger partial charge in [-0.3, -0.25) is 14.4 Å². The summed E-state index contributed by atoms with van der Waals surface area (Å²) < 4.78 is 12.3. The Labute approximate surface area is 263 Å². The molecule has 8 atom stereocenters. The number of ketones is 1. The SMILES string of the molecule is CCCCCCCCCCCCCC(=O)O[C@H]1[C@H](C)[C@]2(O)[C@H](C=C(CO)C[C@@]3(O)C(=O)C(C)=C[C@H]23)[C@H]2C(C)(C)[C@@]12OC(C)=O. The van der Waals surface area contributed by atoms with Crippen molar-refractivity contribution in [3.63, 3.8) is 0 Å². The third-order valence-electron chi connectivity index (χ3n) is 11.5. The molecule has 0 amide bonds. The van der Waals surface area contributed by atoms with Gasteiger partial charge in [-0.05, 0) is 24.5 Å². The van der Waals surface area contributed by atoms with E-state index in [-0.39, 0.29) is 19.4 Å². The summed E-state index contributed by atoms with van der Waals surface area (Å²) >= 11 is 0. The molecule has 0 saturated heterocycles. The third-order valence-corrected chi connectivity index (χ3v) is 11.5. The van der Waals surface area contributed by atoms with E-state index in [2.05, 4.69) is 6.92 Å². The van der Waals surface area contributed by atoms with Crippen LogP contribution in [0.5, 0.6) is 0 Å². The molecule has 248 valence electrons. The monoisotopic (exact) mass is 616 g/mol. The number of carbonyl (C=O) groups is 3. The molecule has 0 aliphatic heterocycles. The first-order valence-corrected chi connectivity index (χ1v) is 17.1. The zero-order valence-corrected chi connectivity index (χ0v) is 27.8. The summed E-state index contributed by atoms with van der Waals surface area (Å²) in [5.74, 6) is -4.29. The predicted octanol–water partition coefficient (Wildman–Crippen LogP) is 5.75. The molecule has 2 fully saturated rings. The van der Waals surface area contributed by atoms with Crippen LogP contribution in [0.25, 0.3) is 0 Å². The van der Waals surface area contributed by atoms with Crippen molar-refractivity contribution >= 4 is 17.7 Å². The molecule has 0 radical (unpaired) electrons. The van der Waals surface area contributed by atoms with Gasteiger partial charge in [0.2, 0.25) is 0 Å². The smallest absolute Gasteiger partial charge is 0.306 e. The molecule has 0 spiro atoms. The summed E-state index contributed by atoms with van der Waals surface area (Å²) in [5.41, 5.74) is -4.71. The van der Waals surface area contributed by atoms with E-state index in [4.69, 9.17) is 9.47 Å². The van der Waals surface area contributed by atoms with Crippen LogP contribution < -0.4 is 0 Å². The van der Waals surface area contributed by atoms with Crippen LogP contribution in [0.2, 0.25) is 0 Å². The fourth-order valence-corrected chi connectivity index (χ4v) is 9.20. The average molecular weight is 617 g/mol. The molecule has 8 nitrogen and oxygen atoms in total. The minimum Gasteiger partial charge on any atom is -0.458 e. The molecule has 0 aromatic carbocycles. The highest BCUT2D eigenvalue weighted by Crippen LogP contribution is 2.77. The Morgan fingerprint density at radius 1 is 0.955 bits per heavy atom. The first kappa shape index (κ1) is 34.8. The van der Waals surface area contributed by atoms with Gasteiger partial charge in [-0.2, -0.15) is 0 Å². The van der Waals surface area contributed by atoms with E-state index in [0.717, 1.165) is 19.3 Å². The number of hydrogen-bond donors (Lipinski definition) is 3. The summed E-state index contributed by atoms with van der Waals surface area (Å²) in [5, 5.41) is 34.8. The van der Waals surface area contributed by atoms with Gasteiger partial charge >= 0.3 is 11.9 Å². The quantitative estimate of drug-likeness (QED) is 0.120. The largest absolute Gasteiger partial charge is 0.458 e. The van der Waals surface area contributed by atoms with E-state index in [1.54, 1.807) is 26.0 Å². The molecule has 3 N–H and O–H groups in total. The van der Waals surface area contributed by atoms with Gasteiger partial charge in [0, 0.05) is 48.9 Å². The van der Waals surface area contributed by atoms with Crippen LogP contribution in [0.15, 0.2) is 23.3 Å². The van der Waals surface area contributed by atoms with Gasteiger partial charge in [-0.25, -0.2) is 0 Å². The first-order valence-electron chi connectivity index (χ1n) is 17.1. The van der Waals surface area contributed by atoms with E-state index in [1.807, 2.05) is 13.8 Å². The van der Waals surface area contributed by atoms with Crippen LogP contribution in [0.3, 0.4) is 0 Å². The predicted molar refractivity (Wildman–Crippen MR) is 167 cm³/mol. The first-order chi connectivity index (χ1) is 20.7. The fourth-order valence-electron chi connectivity index (χ4n) is 9.20. The molecule has 4 aliphatic rings. The zero-order valence-electron chi connectivity index (χ0n) is 27.8. The Balaban J connectivity index is 1.51. The van der Waals surface area contributed by atoms with Crippen LogP contribution in [0.1, 0.15) is 125 Å². The topological polar surface area (TPSA) is 130 Å². The fraction of sp³-hybridized carbons (Fsp3) is 0.806. The third kappa shape index (κ3) is 5.84. The number of fused-ring (bicyclic) bond motifs is 5. The van der Waals surface area contributed by atoms with Crippen molar-refractivity contribution in [2.45, 2.75) is 148 Å². The zero-order chi connectivity index (χ0) is 32.5. The Hall–Kier alpha value is -2.03. The van der Waals surface area contributed by atoms with Gasteiger partial charge in [0.1, 0.15) is 11.7 Å². The Morgan fingerprint density at radius 3 is 2.07 bits per heavy atom. The minimum absolute atomic E-state index is 0.108. The number of hydrogen-bond acceptors (Lipinski definition) is 8. The van der Waals surface area contributed by atoms with Crippen LogP contribution in [-0.4, -0.2) is 62.6 Å². The summed E-state index contributed by atoms with van der Waals surface area (Å²) in [6, 6.07) is 0. The van der Waals surface area contributed by atoms with Gasteiger partial charge in [0.15, 0.2) is 11.4 Å². The molecule has 44 heavy (non-hydrogen) atoms. The van der Waals surface area contributed by atoms with Crippen molar-refractivity contribution in [2.24, 2.45) is 29.1 Å². The number of aliphatic hydroxyl groups excluding tert-OH is 1. The van der Waals surface area contributed by atoms with Crippen molar-refractivity contribution in [2.75, 3.05) is 6.61 Å². The number of rotatable bonds is 15. The standard InChI is InChI=1S/C36H56O8/c1-7-8-9-10-11-12-13-14-15-16-17-18-29(39)43-32-24(3)35(42)27(30-33(5,6)36(30,32)44-25(4)38)20-26(22-37)21-34(41)28(35)19-23(2)31(34)40/h19-20,24,27-28,30,32,37,41-42H,7-18,21-22H2,1-6H3/t24-,27+,28-,30-,32-,34-,35-,36-/m0/s1. The second-order valence-corrected chi connectivity index (χ2v) is 14.7. The highest BCUT2D eigenvalue weighted by atomic mass is 16.6. The highest BCUT2D eigenvalue weighted by molar-refractivity contribution is 6.04. The summed E-state index contributed by atoms with van der Waals surface area (Å²) in [6.07, 6.45) is 15.4. The summed E-state index contributed by atoms with van der Waals surface area (Å²) in [4.78, 5) is 39.1. The molecule has 0 heterocycles. The van der Waals surface area contributed by atoms with Crippen molar-refractivity contribution in [1.82, 2.24) is 0 Å². The van der Waals surface area contributed by atoms with Crippen molar-refractivity contribution in [1.29, 1.82) is 0 Å². The van der Waals surface area contributed by atoms with E-state index < -0.39 is 69.7 Å². The van der Waals surface area contributed by atoms with Gasteiger partial charge in [0.05, 0.1) is 12.2 Å². The van der Waals surface area contributed by atoms with Gasteiger partial charge in [0.25, 0.3) is 0 Å². The van der Waals surface area contributed by atoms with E-state index >= 15 is 0 Å². The number of carbonyl (C=O) groups excluding carboxylic acids is 3. The molecule has 4 rings (SSSR count). The van der Waals surface area contributed by atoms with E-state index in [1.165, 1.54) is 51.9 Å². The van der Waals surface area contributed by atoms with Crippen molar-refractivity contribution < 1.29 is 39.2 Å². The maximum Gasteiger partial charge on any atom is 0.306 e. The maximum absolute atomic E-state index is 13.3. The summed E-state index contributed by atoms with van der Waals surface area (Å²) in [6.45, 7) is 10.4. The minimum atomic E-state index is -1.93. The molecule has 4 aliphatic carbocycles. The lowest BCUT2D eigenvalue weighted by Crippen LogP contribution is -2.66. The Kier molecular flexibility index (Phi) is 10.6. The lowest BCUT2D eigenvalue weighted by atomic mass is 9.59. The molecule has 0 bridgehead atoms. The average Bonchev–Trinajstić information content (AvgIpc) is 3.38. The molecule has 0 unspecified atom stereocenters. The van der Waals surface area contributed by atoms with Crippen molar-refractivity contribution in [3.05, 3.63) is 23.3 Å². The molecular weight excluding hydrogens is 560 g/mol. The van der Waals surface area contributed by atoms with Gasteiger partial charge in [-0.15, -0.1) is 0 Å². The number of aliphatic hydroxyl groups is 3. The number of ether oxygens (including phenoxy) is 2. The Morgan fingerprint density at radius 2 is 1.52 bits per heavy atom. The molecule has 8 heteroatoms. The Bertz CT molecular complexity index is 1150. The number of unbranched alkanes of at least 4 members (excludes halogenated alkanes) is 10.